The van der Waals surface area contributed by atoms with E-state index in [-0.39, 0.29) is 0 Å². The second-order valence-corrected chi connectivity index (χ2v) is 3.33. The third kappa shape index (κ3) is 2.72. The molecule has 3 nitrogen and oxygen atoms in total. The van der Waals surface area contributed by atoms with Gasteiger partial charge < -0.3 is 0 Å². The minimum atomic E-state index is -4.50. The van der Waals surface area contributed by atoms with Crippen LogP contribution in [0.1, 0.15) is 11.4 Å². The van der Waals surface area contributed by atoms with E-state index in [2.05, 4.69) is 5.10 Å². The maximum atomic E-state index is 12.3. The van der Waals surface area contributed by atoms with Crippen LogP contribution >= 0.6 is 0 Å². The van der Waals surface area contributed by atoms with Crippen LogP contribution in [0.4, 0.5) is 13.2 Å². The first-order chi connectivity index (χ1) is 6.84. The topological polar surface area (TPSA) is 41.6 Å². The first kappa shape index (κ1) is 11.6. The number of aromatic nitrogens is 2. The maximum Gasteiger partial charge on any atom is 0.406 e. The van der Waals surface area contributed by atoms with Gasteiger partial charge in [0.05, 0.1) is 18.3 Å². The van der Waals surface area contributed by atoms with Crippen LogP contribution in [-0.2, 0) is 6.54 Å². The molecule has 0 aliphatic rings. The zero-order chi connectivity index (χ0) is 11.6. The van der Waals surface area contributed by atoms with E-state index in [1.165, 1.54) is 10.8 Å². The van der Waals surface area contributed by atoms with E-state index in [1.54, 1.807) is 19.9 Å². The van der Waals surface area contributed by atoms with E-state index in [9.17, 15) is 13.2 Å². The maximum absolute atomic E-state index is 12.3. The van der Waals surface area contributed by atoms with Gasteiger partial charge in [-0.1, -0.05) is 0 Å². The Morgan fingerprint density at radius 3 is 2.47 bits per heavy atom. The van der Waals surface area contributed by atoms with Gasteiger partial charge >= 0.3 is 6.18 Å². The van der Waals surface area contributed by atoms with Crippen molar-refractivity contribution >= 4 is 0 Å². The number of hydrogen-bond acceptors (Lipinski definition) is 2. The van der Waals surface area contributed by atoms with Crippen molar-refractivity contribution in [1.82, 2.24) is 9.78 Å². The lowest BCUT2D eigenvalue weighted by molar-refractivity contribution is -0.162. The zero-order valence-electron chi connectivity index (χ0n) is 8.34. The van der Waals surface area contributed by atoms with Crippen LogP contribution in [0, 0.1) is 31.1 Å². The summed E-state index contributed by atoms with van der Waals surface area (Å²) in [6.07, 6.45) is -4.50. The molecule has 0 saturated carbocycles. The molecule has 0 N–H and O–H groups in total. The number of nitrogens with zero attached hydrogens (tertiary/aromatic N) is 3. The van der Waals surface area contributed by atoms with E-state index in [0.717, 1.165) is 0 Å². The van der Waals surface area contributed by atoms with Crippen molar-refractivity contribution in [2.75, 3.05) is 0 Å². The summed E-state index contributed by atoms with van der Waals surface area (Å²) in [5, 5.41) is 12.3. The summed E-state index contributed by atoms with van der Waals surface area (Å²) in [7, 11) is 0. The smallest absolute Gasteiger partial charge is 0.268 e. The van der Waals surface area contributed by atoms with Crippen molar-refractivity contribution in [3.05, 3.63) is 17.5 Å². The minimum Gasteiger partial charge on any atom is -0.268 e. The molecule has 0 saturated heterocycles. The van der Waals surface area contributed by atoms with Crippen molar-refractivity contribution in [1.29, 1.82) is 5.26 Å². The lowest BCUT2D eigenvalue weighted by Crippen LogP contribution is -2.26. The van der Waals surface area contributed by atoms with Gasteiger partial charge in [-0.3, -0.25) is 4.68 Å². The highest BCUT2D eigenvalue weighted by Crippen LogP contribution is 2.27. The van der Waals surface area contributed by atoms with Crippen LogP contribution in [0.3, 0.4) is 0 Å². The van der Waals surface area contributed by atoms with Crippen LogP contribution < -0.4 is 0 Å². The third-order valence-corrected chi connectivity index (χ3v) is 2.01. The van der Waals surface area contributed by atoms with Crippen LogP contribution in [0.15, 0.2) is 6.07 Å². The van der Waals surface area contributed by atoms with Gasteiger partial charge in [0.1, 0.15) is 0 Å². The lowest BCUT2D eigenvalue weighted by Gasteiger charge is -2.13. The van der Waals surface area contributed by atoms with Crippen molar-refractivity contribution < 1.29 is 13.2 Å². The summed E-state index contributed by atoms with van der Waals surface area (Å²) in [6, 6.07) is 2.91. The third-order valence-electron chi connectivity index (χ3n) is 2.01. The predicted octanol–water partition coefficient (Wildman–Crippen LogP) is 2.20. The molecule has 0 amide bonds. The lowest BCUT2D eigenvalue weighted by atomic mass is 10.1. The molecule has 1 aromatic heterocycles. The highest BCUT2D eigenvalue weighted by atomic mass is 19.4. The molecule has 1 unspecified atom stereocenters. The van der Waals surface area contributed by atoms with Gasteiger partial charge in [0.2, 0.25) is 0 Å². The largest absolute Gasteiger partial charge is 0.406 e. The minimum absolute atomic E-state index is 0.445. The Morgan fingerprint density at radius 1 is 1.53 bits per heavy atom. The molecule has 1 rings (SSSR count). The highest BCUT2D eigenvalue weighted by Gasteiger charge is 2.40. The van der Waals surface area contributed by atoms with Gasteiger partial charge in [-0.2, -0.15) is 23.5 Å². The highest BCUT2D eigenvalue weighted by molar-refractivity contribution is 5.07. The van der Waals surface area contributed by atoms with Crippen molar-refractivity contribution in [2.45, 2.75) is 26.6 Å². The summed E-state index contributed by atoms with van der Waals surface area (Å²) in [4.78, 5) is 0. The Hall–Kier alpha value is -1.51. The second kappa shape index (κ2) is 3.93. The van der Waals surface area contributed by atoms with Gasteiger partial charge in [-0.05, 0) is 19.9 Å². The zero-order valence-corrected chi connectivity index (χ0v) is 8.34. The Morgan fingerprint density at radius 2 is 2.13 bits per heavy atom. The molecular weight excluding hydrogens is 207 g/mol. The van der Waals surface area contributed by atoms with E-state index in [1.807, 2.05) is 0 Å². The van der Waals surface area contributed by atoms with Crippen molar-refractivity contribution in [3.63, 3.8) is 0 Å². The summed E-state index contributed by atoms with van der Waals surface area (Å²) in [6.45, 7) is 2.91. The van der Waals surface area contributed by atoms with E-state index < -0.39 is 18.6 Å². The summed E-state index contributed by atoms with van der Waals surface area (Å²) >= 11 is 0. The summed E-state index contributed by atoms with van der Waals surface area (Å²) in [5.41, 5.74) is 1.27. The van der Waals surface area contributed by atoms with Gasteiger partial charge in [0.15, 0.2) is 5.92 Å². The molecule has 6 heteroatoms. The molecule has 0 spiro atoms. The quantitative estimate of drug-likeness (QED) is 0.762. The number of nitriles is 1. The Bertz CT molecular complexity index is 386. The summed E-state index contributed by atoms with van der Waals surface area (Å²) < 4.78 is 38.0. The molecule has 1 aromatic rings. The monoisotopic (exact) mass is 217 g/mol. The number of rotatable bonds is 2. The Labute approximate surface area is 85.1 Å². The first-order valence-corrected chi connectivity index (χ1v) is 4.32. The van der Waals surface area contributed by atoms with E-state index in [0.29, 0.717) is 11.4 Å². The van der Waals surface area contributed by atoms with Gasteiger partial charge in [-0.25, -0.2) is 0 Å². The normalized spacial score (nSPS) is 13.6. The number of halogens is 3. The van der Waals surface area contributed by atoms with Crippen LogP contribution in [0.2, 0.25) is 0 Å². The molecule has 15 heavy (non-hydrogen) atoms. The van der Waals surface area contributed by atoms with Gasteiger partial charge in [0.25, 0.3) is 0 Å². The molecule has 0 aromatic carbocycles. The molecular formula is C9H10F3N3. The average Bonchev–Trinajstić information content (AvgIpc) is 2.38. The molecule has 0 aliphatic heterocycles. The van der Waals surface area contributed by atoms with Gasteiger partial charge in [-0.15, -0.1) is 0 Å². The van der Waals surface area contributed by atoms with Crippen molar-refractivity contribution in [2.24, 2.45) is 5.92 Å². The molecule has 82 valence electrons. The summed E-state index contributed by atoms with van der Waals surface area (Å²) in [5.74, 6) is -2.00. The number of alkyl halides is 3. The van der Waals surface area contributed by atoms with Crippen LogP contribution in [-0.4, -0.2) is 16.0 Å². The fourth-order valence-corrected chi connectivity index (χ4v) is 1.25. The van der Waals surface area contributed by atoms with Crippen LogP contribution in [0.25, 0.3) is 0 Å². The molecule has 1 atom stereocenters. The van der Waals surface area contributed by atoms with Crippen LogP contribution in [0.5, 0.6) is 0 Å². The first-order valence-electron chi connectivity index (χ1n) is 4.32. The fraction of sp³-hybridized carbons (Fsp3) is 0.556. The fourth-order valence-electron chi connectivity index (χ4n) is 1.25. The van der Waals surface area contributed by atoms with E-state index >= 15 is 0 Å². The predicted molar refractivity (Wildman–Crippen MR) is 46.9 cm³/mol. The van der Waals surface area contributed by atoms with Crippen molar-refractivity contribution in [3.8, 4) is 6.07 Å². The standard InChI is InChI=1S/C9H10F3N3/c1-6-3-7(2)15(14-6)5-8(4-13)9(10,11)12/h3,8H,5H2,1-2H3. The molecule has 0 bridgehead atoms. The Balaban J connectivity index is 2.86. The SMILES string of the molecule is Cc1cc(C)n(CC(C#N)C(F)(F)F)n1. The molecule has 1 heterocycles. The molecule has 0 aliphatic carbocycles. The average molecular weight is 217 g/mol. The van der Waals surface area contributed by atoms with Gasteiger partial charge in [0, 0.05) is 5.69 Å². The number of hydrogen-bond donors (Lipinski definition) is 0. The second-order valence-electron chi connectivity index (χ2n) is 3.33. The molecule has 0 radical (unpaired) electrons. The Kier molecular flexibility index (Phi) is 3.03. The van der Waals surface area contributed by atoms with E-state index in [4.69, 9.17) is 5.26 Å². The number of aryl methyl sites for hydroxylation is 2. The molecule has 0 fully saturated rings.